The first-order valence-electron chi connectivity index (χ1n) is 6.62. The van der Waals surface area contributed by atoms with Crippen LogP contribution in [0.15, 0.2) is 47.4 Å². The molecule has 0 N–H and O–H groups in total. The summed E-state index contributed by atoms with van der Waals surface area (Å²) in [6.45, 7) is 0.559. The molecule has 0 saturated carbocycles. The lowest BCUT2D eigenvalue weighted by Gasteiger charge is -2.30. The normalized spacial score (nSPS) is 14.2. The van der Waals surface area contributed by atoms with E-state index in [1.165, 1.54) is 23.5 Å². The van der Waals surface area contributed by atoms with Gasteiger partial charge in [-0.05, 0) is 30.3 Å². The van der Waals surface area contributed by atoms with Gasteiger partial charge in [0.2, 0.25) is 0 Å². The second-order valence-electron chi connectivity index (χ2n) is 4.69. The fraction of sp³-hybridized carbons (Fsp3) is 0.200. The van der Waals surface area contributed by atoms with Crippen molar-refractivity contribution in [1.82, 2.24) is 0 Å². The van der Waals surface area contributed by atoms with Crippen molar-refractivity contribution in [3.63, 3.8) is 0 Å². The van der Waals surface area contributed by atoms with Crippen molar-refractivity contribution < 1.29 is 17.9 Å². The van der Waals surface area contributed by atoms with E-state index in [4.69, 9.17) is 21.1 Å². The summed E-state index contributed by atoms with van der Waals surface area (Å²) >= 11 is 6.04. The topological polar surface area (TPSA) is 55.8 Å². The molecule has 0 spiro atoms. The molecule has 22 heavy (non-hydrogen) atoms. The first-order chi connectivity index (χ1) is 10.5. The first kappa shape index (κ1) is 15.0. The Bertz CT molecular complexity index is 807. The number of hydrogen-bond acceptors (Lipinski definition) is 4. The average Bonchev–Trinajstić information content (AvgIpc) is 2.54. The predicted octanol–water partition coefficient (Wildman–Crippen LogP) is 2.94. The number of fused-ring (bicyclic) bond motifs is 1. The number of nitrogens with zero attached hydrogens (tertiary/aromatic N) is 1. The summed E-state index contributed by atoms with van der Waals surface area (Å²) in [4.78, 5) is 0.120. The lowest BCUT2D eigenvalue weighted by Crippen LogP contribution is -2.37. The molecular formula is C15H14ClNO4S. The van der Waals surface area contributed by atoms with Crippen LogP contribution in [0.2, 0.25) is 5.02 Å². The molecule has 5 nitrogen and oxygen atoms in total. The van der Waals surface area contributed by atoms with Gasteiger partial charge in [0.25, 0.3) is 10.0 Å². The van der Waals surface area contributed by atoms with Gasteiger partial charge in [-0.25, -0.2) is 8.42 Å². The van der Waals surface area contributed by atoms with Crippen molar-refractivity contribution in [3.05, 3.63) is 47.5 Å². The molecule has 116 valence electrons. The molecule has 2 aromatic rings. The Morgan fingerprint density at radius 1 is 1.23 bits per heavy atom. The Morgan fingerprint density at radius 2 is 2.00 bits per heavy atom. The van der Waals surface area contributed by atoms with Gasteiger partial charge >= 0.3 is 0 Å². The third-order valence-corrected chi connectivity index (χ3v) is 5.50. The number of ether oxygens (including phenoxy) is 2. The van der Waals surface area contributed by atoms with Crippen LogP contribution < -0.4 is 13.8 Å². The summed E-state index contributed by atoms with van der Waals surface area (Å²) < 4.78 is 37.6. The molecular weight excluding hydrogens is 326 g/mol. The highest BCUT2D eigenvalue weighted by atomic mass is 35.5. The van der Waals surface area contributed by atoms with Crippen molar-refractivity contribution in [2.45, 2.75) is 4.90 Å². The van der Waals surface area contributed by atoms with Gasteiger partial charge in [0.15, 0.2) is 0 Å². The van der Waals surface area contributed by atoms with Crippen molar-refractivity contribution in [3.8, 4) is 11.5 Å². The highest BCUT2D eigenvalue weighted by Gasteiger charge is 2.30. The Hall–Kier alpha value is -1.92. The van der Waals surface area contributed by atoms with E-state index in [9.17, 15) is 8.42 Å². The van der Waals surface area contributed by atoms with Crippen molar-refractivity contribution >= 4 is 27.3 Å². The molecule has 0 bridgehead atoms. The molecule has 0 unspecified atom stereocenters. The number of halogens is 1. The van der Waals surface area contributed by atoms with Gasteiger partial charge in [-0.3, -0.25) is 4.31 Å². The zero-order valence-corrected chi connectivity index (χ0v) is 13.4. The number of methoxy groups -OCH3 is 1. The summed E-state index contributed by atoms with van der Waals surface area (Å²) in [6.07, 6.45) is 0. The van der Waals surface area contributed by atoms with E-state index >= 15 is 0 Å². The average molecular weight is 340 g/mol. The lowest BCUT2D eigenvalue weighted by atomic mass is 10.2. The van der Waals surface area contributed by atoms with Crippen LogP contribution in [0.4, 0.5) is 5.69 Å². The van der Waals surface area contributed by atoms with Gasteiger partial charge in [0.1, 0.15) is 18.1 Å². The van der Waals surface area contributed by atoms with Crippen molar-refractivity contribution in [1.29, 1.82) is 0 Å². The lowest BCUT2D eigenvalue weighted by molar-refractivity contribution is 0.316. The van der Waals surface area contributed by atoms with Crippen molar-refractivity contribution in [2.75, 3.05) is 24.6 Å². The monoisotopic (exact) mass is 339 g/mol. The molecule has 0 amide bonds. The maximum Gasteiger partial charge on any atom is 0.264 e. The largest absolute Gasteiger partial charge is 0.495 e. The molecule has 0 atom stereocenters. The van der Waals surface area contributed by atoms with Gasteiger partial charge in [0.05, 0.1) is 29.3 Å². The minimum absolute atomic E-state index is 0.120. The predicted molar refractivity (Wildman–Crippen MR) is 84.5 cm³/mol. The summed E-state index contributed by atoms with van der Waals surface area (Å²) in [7, 11) is -2.23. The zero-order valence-electron chi connectivity index (χ0n) is 11.8. The zero-order chi connectivity index (χ0) is 15.7. The summed E-state index contributed by atoms with van der Waals surface area (Å²) in [5, 5.41) is 0.255. The highest BCUT2D eigenvalue weighted by molar-refractivity contribution is 7.92. The van der Waals surface area contributed by atoms with Crippen LogP contribution in [0.5, 0.6) is 11.5 Å². The number of sulfonamides is 1. The molecule has 3 rings (SSSR count). The summed E-state index contributed by atoms with van der Waals surface area (Å²) in [6, 6.07) is 11.5. The Morgan fingerprint density at radius 3 is 2.73 bits per heavy atom. The van der Waals surface area contributed by atoms with Crippen LogP contribution in [0, 0.1) is 0 Å². The van der Waals surface area contributed by atoms with Crippen LogP contribution in [0.3, 0.4) is 0 Å². The number of para-hydroxylation sites is 2. The number of anilines is 1. The van der Waals surface area contributed by atoms with E-state index in [1.54, 1.807) is 30.3 Å². The second kappa shape index (κ2) is 5.70. The van der Waals surface area contributed by atoms with Crippen LogP contribution >= 0.6 is 11.6 Å². The smallest absolute Gasteiger partial charge is 0.264 e. The van der Waals surface area contributed by atoms with Crippen LogP contribution in [-0.2, 0) is 10.0 Å². The standard InChI is InChI=1S/C15H14ClNO4S/c1-20-14-7-6-11(10-12(14)16)22(18,19)17-8-9-21-15-5-3-2-4-13(15)17/h2-7,10H,8-9H2,1H3. The minimum Gasteiger partial charge on any atom is -0.495 e. The van der Waals surface area contributed by atoms with E-state index in [1.807, 2.05) is 0 Å². The van der Waals surface area contributed by atoms with E-state index < -0.39 is 10.0 Å². The van der Waals surface area contributed by atoms with Gasteiger partial charge in [-0.15, -0.1) is 0 Å². The molecule has 0 fully saturated rings. The van der Waals surface area contributed by atoms with Gasteiger partial charge in [-0.1, -0.05) is 23.7 Å². The minimum atomic E-state index is -3.71. The fourth-order valence-electron chi connectivity index (χ4n) is 2.33. The number of benzene rings is 2. The van der Waals surface area contributed by atoms with Crippen LogP contribution in [-0.4, -0.2) is 28.7 Å². The Balaban J connectivity index is 2.06. The van der Waals surface area contributed by atoms with E-state index in [0.717, 1.165) is 0 Å². The van der Waals surface area contributed by atoms with Gasteiger partial charge in [0, 0.05) is 0 Å². The fourth-order valence-corrected chi connectivity index (χ4v) is 4.14. The molecule has 0 radical (unpaired) electrons. The van der Waals surface area contributed by atoms with Crippen molar-refractivity contribution in [2.24, 2.45) is 0 Å². The van der Waals surface area contributed by atoms with Gasteiger partial charge < -0.3 is 9.47 Å². The van der Waals surface area contributed by atoms with E-state index in [-0.39, 0.29) is 16.5 Å². The summed E-state index contributed by atoms with van der Waals surface area (Å²) in [5.74, 6) is 0.986. The number of rotatable bonds is 3. The van der Waals surface area contributed by atoms with Crippen LogP contribution in [0.1, 0.15) is 0 Å². The Kier molecular flexibility index (Phi) is 3.88. The summed E-state index contributed by atoms with van der Waals surface area (Å²) in [5.41, 5.74) is 0.528. The molecule has 7 heteroatoms. The van der Waals surface area contributed by atoms with Gasteiger partial charge in [-0.2, -0.15) is 0 Å². The van der Waals surface area contributed by atoms with Crippen LogP contribution in [0.25, 0.3) is 0 Å². The van der Waals surface area contributed by atoms with E-state index in [0.29, 0.717) is 23.8 Å². The maximum absolute atomic E-state index is 12.9. The quantitative estimate of drug-likeness (QED) is 0.862. The molecule has 1 aliphatic heterocycles. The Labute approximate surface area is 134 Å². The molecule has 2 aromatic carbocycles. The maximum atomic E-state index is 12.9. The molecule has 0 saturated heterocycles. The van der Waals surface area contributed by atoms with E-state index in [2.05, 4.69) is 0 Å². The molecule has 1 aliphatic rings. The second-order valence-corrected chi connectivity index (χ2v) is 6.96. The third-order valence-electron chi connectivity index (χ3n) is 3.40. The molecule has 0 aromatic heterocycles. The SMILES string of the molecule is COc1ccc(S(=O)(=O)N2CCOc3ccccc32)cc1Cl. The first-order valence-corrected chi connectivity index (χ1v) is 8.44. The third kappa shape index (κ3) is 2.48. The highest BCUT2D eigenvalue weighted by Crippen LogP contribution is 2.36. The number of hydrogen-bond donors (Lipinski definition) is 0. The molecule has 1 heterocycles. The molecule has 0 aliphatic carbocycles.